The van der Waals surface area contributed by atoms with E-state index >= 15 is 0 Å². The summed E-state index contributed by atoms with van der Waals surface area (Å²) in [7, 11) is 3.27. The van der Waals surface area contributed by atoms with Gasteiger partial charge in [-0.25, -0.2) is 0 Å². The molecule has 1 fully saturated rings. The molecule has 0 heterocycles. The van der Waals surface area contributed by atoms with Gasteiger partial charge in [-0.2, -0.15) is 0 Å². The van der Waals surface area contributed by atoms with E-state index in [1.54, 1.807) is 14.2 Å². The summed E-state index contributed by atoms with van der Waals surface area (Å²) in [5, 5.41) is 0.734. The van der Waals surface area contributed by atoms with Crippen molar-refractivity contribution in [3.05, 3.63) is 22.2 Å². The van der Waals surface area contributed by atoms with Crippen molar-refractivity contribution in [1.29, 1.82) is 0 Å². The molecule has 2 N–H and O–H groups in total. The first kappa shape index (κ1) is 13.5. The summed E-state index contributed by atoms with van der Waals surface area (Å²) in [6.07, 6.45) is 3.87. The third-order valence-corrected chi connectivity index (χ3v) is 4.24. The normalized spacial score (nSPS) is 17.2. The molecular formula is C14H20ClNO2. The molecule has 1 aromatic rings. The van der Waals surface area contributed by atoms with Crippen molar-refractivity contribution in [3.63, 3.8) is 0 Å². The van der Waals surface area contributed by atoms with Crippen molar-refractivity contribution in [1.82, 2.24) is 0 Å². The summed E-state index contributed by atoms with van der Waals surface area (Å²) in [5.74, 6) is 1.40. The first-order valence-electron chi connectivity index (χ1n) is 6.30. The Morgan fingerprint density at radius 2 is 2.00 bits per heavy atom. The van der Waals surface area contributed by atoms with Crippen LogP contribution in [-0.2, 0) is 12.0 Å². The quantitative estimate of drug-likeness (QED) is 0.912. The maximum absolute atomic E-state index is 6.50. The summed E-state index contributed by atoms with van der Waals surface area (Å²) in [6, 6.07) is 1.94. The summed E-state index contributed by atoms with van der Waals surface area (Å²) in [6.45, 7) is 2.07. The number of rotatable bonds is 4. The molecular weight excluding hydrogens is 250 g/mol. The lowest BCUT2D eigenvalue weighted by molar-refractivity contribution is 0.240. The molecule has 0 bridgehead atoms. The first-order chi connectivity index (χ1) is 8.57. The third-order valence-electron chi connectivity index (χ3n) is 3.81. The van der Waals surface area contributed by atoms with Crippen molar-refractivity contribution < 1.29 is 9.47 Å². The lowest BCUT2D eigenvalue weighted by Gasteiger charge is -2.40. The zero-order chi connectivity index (χ0) is 13.3. The molecule has 0 atom stereocenters. The van der Waals surface area contributed by atoms with Crippen LogP contribution in [-0.4, -0.2) is 14.2 Å². The Bertz CT molecular complexity index is 456. The highest BCUT2D eigenvalue weighted by atomic mass is 35.5. The van der Waals surface area contributed by atoms with Gasteiger partial charge in [0.25, 0.3) is 0 Å². The van der Waals surface area contributed by atoms with Gasteiger partial charge < -0.3 is 15.2 Å². The van der Waals surface area contributed by atoms with Gasteiger partial charge in [0.1, 0.15) is 0 Å². The Morgan fingerprint density at radius 1 is 1.33 bits per heavy atom. The van der Waals surface area contributed by atoms with Crippen LogP contribution in [0.25, 0.3) is 0 Å². The monoisotopic (exact) mass is 269 g/mol. The predicted octanol–water partition coefficient (Wildman–Crippen LogP) is 3.26. The Kier molecular flexibility index (Phi) is 3.74. The van der Waals surface area contributed by atoms with E-state index in [9.17, 15) is 0 Å². The van der Waals surface area contributed by atoms with Crippen molar-refractivity contribution in [2.75, 3.05) is 14.2 Å². The summed E-state index contributed by atoms with van der Waals surface area (Å²) < 4.78 is 10.9. The molecule has 0 aliphatic heterocycles. The smallest absolute Gasteiger partial charge is 0.167 e. The number of hydrogen-bond donors (Lipinski definition) is 1. The molecule has 2 rings (SSSR count). The Hall–Kier alpha value is -0.930. The lowest BCUT2D eigenvalue weighted by atomic mass is 9.72. The van der Waals surface area contributed by atoms with Gasteiger partial charge in [0.15, 0.2) is 11.5 Å². The van der Waals surface area contributed by atoms with Crippen LogP contribution in [0.15, 0.2) is 6.07 Å². The largest absolute Gasteiger partial charge is 0.493 e. The molecule has 18 heavy (non-hydrogen) atoms. The lowest BCUT2D eigenvalue weighted by Crippen LogP contribution is -2.44. The molecule has 1 aliphatic rings. The number of nitrogens with two attached hydrogens (primary N) is 1. The van der Waals surface area contributed by atoms with Crippen LogP contribution >= 0.6 is 11.6 Å². The molecule has 1 aliphatic carbocycles. The number of hydrogen-bond acceptors (Lipinski definition) is 3. The summed E-state index contributed by atoms with van der Waals surface area (Å²) in [4.78, 5) is 0. The van der Waals surface area contributed by atoms with Gasteiger partial charge >= 0.3 is 0 Å². The molecule has 0 radical (unpaired) electrons. The average molecular weight is 270 g/mol. The van der Waals surface area contributed by atoms with Gasteiger partial charge in [0, 0.05) is 11.1 Å². The van der Waals surface area contributed by atoms with Crippen molar-refractivity contribution >= 4 is 11.6 Å². The second kappa shape index (κ2) is 4.98. The molecule has 0 unspecified atom stereocenters. The number of methoxy groups -OCH3 is 2. The van der Waals surface area contributed by atoms with Crippen LogP contribution in [0.1, 0.15) is 37.3 Å². The minimum atomic E-state index is -0.360. The van der Waals surface area contributed by atoms with Gasteiger partial charge in [0.2, 0.25) is 0 Å². The highest BCUT2D eigenvalue weighted by molar-refractivity contribution is 6.32. The maximum atomic E-state index is 6.50. The Morgan fingerprint density at radius 3 is 2.39 bits per heavy atom. The first-order valence-corrected chi connectivity index (χ1v) is 6.68. The molecule has 1 saturated carbocycles. The Balaban J connectivity index is 2.66. The molecule has 0 spiro atoms. The van der Waals surface area contributed by atoms with Crippen LogP contribution in [0.2, 0.25) is 5.02 Å². The van der Waals surface area contributed by atoms with E-state index in [4.69, 9.17) is 26.8 Å². The van der Waals surface area contributed by atoms with Crippen LogP contribution in [0.3, 0.4) is 0 Å². The predicted molar refractivity (Wildman–Crippen MR) is 73.7 cm³/mol. The van der Waals surface area contributed by atoms with Crippen molar-refractivity contribution in [3.8, 4) is 11.5 Å². The highest BCUT2D eigenvalue weighted by Crippen LogP contribution is 2.50. The van der Waals surface area contributed by atoms with Crippen LogP contribution in [0, 0.1) is 0 Å². The van der Waals surface area contributed by atoms with Crippen molar-refractivity contribution in [2.45, 2.75) is 38.1 Å². The van der Waals surface area contributed by atoms with Crippen molar-refractivity contribution in [2.24, 2.45) is 5.73 Å². The van der Waals surface area contributed by atoms with Gasteiger partial charge in [-0.05, 0) is 37.3 Å². The number of halogens is 1. The number of ether oxygens (including phenoxy) is 2. The van der Waals surface area contributed by atoms with Gasteiger partial charge in [-0.3, -0.25) is 0 Å². The topological polar surface area (TPSA) is 44.5 Å². The molecule has 100 valence electrons. The van der Waals surface area contributed by atoms with E-state index < -0.39 is 0 Å². The molecule has 0 saturated heterocycles. The second-order valence-corrected chi connectivity index (χ2v) is 5.20. The second-order valence-electron chi connectivity index (χ2n) is 4.82. The van der Waals surface area contributed by atoms with Crippen LogP contribution in [0.4, 0.5) is 0 Å². The van der Waals surface area contributed by atoms with Crippen LogP contribution < -0.4 is 15.2 Å². The molecule has 1 aromatic carbocycles. The minimum absolute atomic E-state index is 0.360. The number of benzene rings is 1. The van der Waals surface area contributed by atoms with E-state index in [1.807, 2.05) is 6.07 Å². The van der Waals surface area contributed by atoms with Gasteiger partial charge in [-0.15, -0.1) is 0 Å². The maximum Gasteiger partial charge on any atom is 0.167 e. The summed E-state index contributed by atoms with van der Waals surface area (Å²) in [5.41, 5.74) is 8.04. The van der Waals surface area contributed by atoms with E-state index in [0.29, 0.717) is 11.5 Å². The fourth-order valence-electron chi connectivity index (χ4n) is 2.53. The summed E-state index contributed by atoms with van der Waals surface area (Å²) >= 11 is 6.50. The molecule has 0 aromatic heterocycles. The zero-order valence-corrected chi connectivity index (χ0v) is 11.9. The van der Waals surface area contributed by atoms with E-state index in [1.165, 1.54) is 0 Å². The van der Waals surface area contributed by atoms with E-state index in [-0.39, 0.29) is 5.54 Å². The SMILES string of the molecule is CCc1cc(OC)c(OC)c(C2(N)CCC2)c1Cl. The highest BCUT2D eigenvalue weighted by Gasteiger charge is 2.40. The van der Waals surface area contributed by atoms with Gasteiger partial charge in [-0.1, -0.05) is 18.5 Å². The fraction of sp³-hybridized carbons (Fsp3) is 0.571. The Labute approximate surface area is 113 Å². The van der Waals surface area contributed by atoms with E-state index in [2.05, 4.69) is 6.92 Å². The van der Waals surface area contributed by atoms with Crippen LogP contribution in [0.5, 0.6) is 11.5 Å². The fourth-order valence-corrected chi connectivity index (χ4v) is 3.00. The average Bonchev–Trinajstić information content (AvgIpc) is 2.35. The molecule has 0 amide bonds. The number of aryl methyl sites for hydroxylation is 1. The van der Waals surface area contributed by atoms with E-state index in [0.717, 1.165) is 41.8 Å². The third kappa shape index (κ3) is 1.95. The minimum Gasteiger partial charge on any atom is -0.493 e. The molecule has 3 nitrogen and oxygen atoms in total. The molecule has 4 heteroatoms. The zero-order valence-electron chi connectivity index (χ0n) is 11.2. The van der Waals surface area contributed by atoms with Gasteiger partial charge in [0.05, 0.1) is 19.2 Å². The standard InChI is InChI=1S/C14H20ClNO2/c1-4-9-8-10(17-2)13(18-3)11(12(9)15)14(16)6-5-7-14/h8H,4-7,16H2,1-3H3.